The smallest absolute Gasteiger partial charge is 0.316 e. The monoisotopic (exact) mass is 438 g/mol. The van der Waals surface area contributed by atoms with Gasteiger partial charge in [-0.1, -0.05) is 42.1 Å². The molecule has 0 bridgehead atoms. The van der Waals surface area contributed by atoms with E-state index in [4.69, 9.17) is 4.74 Å². The predicted molar refractivity (Wildman–Crippen MR) is 118 cm³/mol. The van der Waals surface area contributed by atoms with E-state index in [0.717, 1.165) is 25.9 Å². The number of rotatable bonds is 7. The molecule has 30 heavy (non-hydrogen) atoms. The van der Waals surface area contributed by atoms with Gasteiger partial charge in [0, 0.05) is 6.07 Å². The minimum Gasteiger partial charge on any atom is -0.455 e. The molecule has 2 aromatic carbocycles. The summed E-state index contributed by atoms with van der Waals surface area (Å²) in [4.78, 5) is 28.7. The number of fused-ring (bicyclic) bond motifs is 1. The van der Waals surface area contributed by atoms with Gasteiger partial charge in [0.05, 0.1) is 27.4 Å². The number of anilines is 1. The van der Waals surface area contributed by atoms with Crippen molar-refractivity contribution in [1.82, 2.24) is 14.8 Å². The first kappa shape index (κ1) is 20.1. The summed E-state index contributed by atoms with van der Waals surface area (Å²) in [7, 11) is 0. The van der Waals surface area contributed by atoms with Crippen molar-refractivity contribution in [3.63, 3.8) is 0 Å². The van der Waals surface area contributed by atoms with Gasteiger partial charge >= 0.3 is 5.97 Å². The van der Waals surface area contributed by atoms with E-state index in [1.807, 2.05) is 61.5 Å². The summed E-state index contributed by atoms with van der Waals surface area (Å²) < 4.78 is 8.60. The highest BCUT2D eigenvalue weighted by atomic mass is 32.2. The lowest BCUT2D eigenvalue weighted by molar-refractivity contribution is -0.144. The number of amides is 1. The van der Waals surface area contributed by atoms with Gasteiger partial charge in [-0.25, -0.2) is 9.67 Å². The maximum absolute atomic E-state index is 12.3. The molecule has 0 unspecified atom stereocenters. The lowest BCUT2D eigenvalue weighted by atomic mass is 10.3. The van der Waals surface area contributed by atoms with Crippen molar-refractivity contribution in [2.75, 3.05) is 17.7 Å². The molecule has 152 valence electrons. The fourth-order valence-corrected chi connectivity index (χ4v) is 4.62. The van der Waals surface area contributed by atoms with E-state index in [-0.39, 0.29) is 12.4 Å². The van der Waals surface area contributed by atoms with Crippen molar-refractivity contribution in [1.29, 1.82) is 0 Å². The average Bonchev–Trinajstić information content (AvgIpc) is 3.34. The summed E-state index contributed by atoms with van der Waals surface area (Å²) in [6.45, 7) is 1.48. The van der Waals surface area contributed by atoms with Crippen LogP contribution in [0.2, 0.25) is 0 Å². The van der Waals surface area contributed by atoms with Crippen molar-refractivity contribution < 1.29 is 14.3 Å². The second kappa shape index (κ2) is 9.10. The first-order valence-electron chi connectivity index (χ1n) is 9.14. The number of para-hydroxylation sites is 2. The van der Waals surface area contributed by atoms with Crippen LogP contribution in [0.4, 0.5) is 5.82 Å². The molecule has 0 saturated carbocycles. The molecule has 9 heteroatoms. The molecular formula is C21H18N4O3S2. The van der Waals surface area contributed by atoms with Gasteiger partial charge in [0.25, 0.3) is 5.91 Å². The second-order valence-electron chi connectivity index (χ2n) is 6.36. The summed E-state index contributed by atoms with van der Waals surface area (Å²) in [5.74, 6) is -0.287. The first-order valence-corrected chi connectivity index (χ1v) is 10.9. The normalized spacial score (nSPS) is 10.8. The average molecular weight is 439 g/mol. The second-order valence-corrected chi connectivity index (χ2v) is 8.62. The van der Waals surface area contributed by atoms with Crippen molar-refractivity contribution in [2.24, 2.45) is 0 Å². The summed E-state index contributed by atoms with van der Waals surface area (Å²) in [6, 6.07) is 19.0. The van der Waals surface area contributed by atoms with Crippen LogP contribution in [0, 0.1) is 6.92 Å². The van der Waals surface area contributed by atoms with E-state index in [1.165, 1.54) is 23.1 Å². The number of esters is 1. The minimum absolute atomic E-state index is 0.0914. The Bertz CT molecular complexity index is 1150. The molecule has 2 heterocycles. The number of aryl methyl sites for hydroxylation is 1. The highest BCUT2D eigenvalue weighted by Gasteiger charge is 2.14. The van der Waals surface area contributed by atoms with Crippen LogP contribution in [-0.4, -0.2) is 39.0 Å². The molecular weight excluding hydrogens is 420 g/mol. The van der Waals surface area contributed by atoms with E-state index in [9.17, 15) is 9.59 Å². The zero-order valence-corrected chi connectivity index (χ0v) is 17.7. The number of thioether (sulfide) groups is 1. The standard InChI is InChI=1S/C21H18N4O3S2/c1-14-11-18(25(24-14)15-7-3-2-4-8-15)23-19(26)12-28-20(27)13-29-21-22-16-9-5-6-10-17(16)30-21/h2-11H,12-13H2,1H3,(H,23,26). The Morgan fingerprint density at radius 3 is 2.70 bits per heavy atom. The zero-order valence-electron chi connectivity index (χ0n) is 16.1. The third kappa shape index (κ3) is 4.87. The molecule has 0 aliphatic heterocycles. The molecule has 0 radical (unpaired) electrons. The number of nitrogens with zero attached hydrogens (tertiary/aromatic N) is 3. The largest absolute Gasteiger partial charge is 0.455 e. The molecule has 7 nitrogen and oxygen atoms in total. The summed E-state index contributed by atoms with van der Waals surface area (Å²) in [5, 5.41) is 7.14. The number of hydrogen-bond acceptors (Lipinski definition) is 7. The Labute approximate surface area is 181 Å². The first-order chi connectivity index (χ1) is 14.6. The van der Waals surface area contributed by atoms with E-state index < -0.39 is 11.9 Å². The molecule has 0 spiro atoms. The van der Waals surface area contributed by atoms with Crippen LogP contribution in [0.15, 0.2) is 65.0 Å². The van der Waals surface area contributed by atoms with E-state index in [2.05, 4.69) is 15.4 Å². The van der Waals surface area contributed by atoms with Crippen molar-refractivity contribution in [2.45, 2.75) is 11.3 Å². The fraction of sp³-hybridized carbons (Fsp3) is 0.143. The Morgan fingerprint density at radius 2 is 1.90 bits per heavy atom. The number of nitrogens with one attached hydrogen (secondary N) is 1. The molecule has 1 N–H and O–H groups in total. The number of carbonyl (C=O) groups is 2. The Morgan fingerprint density at radius 1 is 1.13 bits per heavy atom. The van der Waals surface area contributed by atoms with E-state index in [1.54, 1.807) is 10.7 Å². The Hall–Kier alpha value is -3.17. The quantitative estimate of drug-likeness (QED) is 0.346. The summed E-state index contributed by atoms with van der Waals surface area (Å²) >= 11 is 2.82. The van der Waals surface area contributed by atoms with Gasteiger partial charge in [-0.15, -0.1) is 11.3 Å². The minimum atomic E-state index is -0.470. The van der Waals surface area contributed by atoms with Gasteiger partial charge in [0.1, 0.15) is 5.82 Å². The number of aromatic nitrogens is 3. The maximum atomic E-state index is 12.3. The third-order valence-corrected chi connectivity index (χ3v) is 6.20. The van der Waals surface area contributed by atoms with Crippen LogP contribution in [-0.2, 0) is 14.3 Å². The van der Waals surface area contributed by atoms with E-state index in [0.29, 0.717) is 5.82 Å². The van der Waals surface area contributed by atoms with Crippen molar-refractivity contribution in [3.05, 3.63) is 66.4 Å². The molecule has 1 amide bonds. The summed E-state index contributed by atoms with van der Waals surface area (Å²) in [6.07, 6.45) is 0. The van der Waals surface area contributed by atoms with Gasteiger partial charge in [0.15, 0.2) is 10.9 Å². The van der Waals surface area contributed by atoms with Crippen LogP contribution in [0.1, 0.15) is 5.69 Å². The fourth-order valence-electron chi connectivity index (χ4n) is 2.75. The Kier molecular flexibility index (Phi) is 6.10. The van der Waals surface area contributed by atoms with Crippen LogP contribution in [0.5, 0.6) is 0 Å². The van der Waals surface area contributed by atoms with Gasteiger partial charge in [-0.05, 0) is 31.2 Å². The zero-order chi connectivity index (χ0) is 20.9. The van der Waals surface area contributed by atoms with Gasteiger partial charge in [-0.3, -0.25) is 9.59 Å². The number of ether oxygens (including phenoxy) is 1. The third-order valence-electron chi connectivity index (χ3n) is 4.05. The molecule has 0 fully saturated rings. The van der Waals surface area contributed by atoms with Gasteiger partial charge in [0.2, 0.25) is 0 Å². The molecule has 0 saturated heterocycles. The Balaban J connectivity index is 1.29. The van der Waals surface area contributed by atoms with Gasteiger partial charge in [-0.2, -0.15) is 5.10 Å². The van der Waals surface area contributed by atoms with Crippen LogP contribution in [0.25, 0.3) is 15.9 Å². The molecule has 4 aromatic rings. The number of benzene rings is 2. The predicted octanol–water partition coefficient (Wildman–Crippen LogP) is 4.06. The molecule has 4 rings (SSSR count). The molecule has 0 aliphatic rings. The van der Waals surface area contributed by atoms with Crippen LogP contribution in [0.3, 0.4) is 0 Å². The lowest BCUT2D eigenvalue weighted by Crippen LogP contribution is -2.23. The van der Waals surface area contributed by atoms with Crippen molar-refractivity contribution >= 4 is 51.0 Å². The number of carbonyl (C=O) groups excluding carboxylic acids is 2. The highest BCUT2D eigenvalue weighted by Crippen LogP contribution is 2.29. The lowest BCUT2D eigenvalue weighted by Gasteiger charge is -2.09. The van der Waals surface area contributed by atoms with Crippen LogP contribution >= 0.6 is 23.1 Å². The number of hydrogen-bond donors (Lipinski definition) is 1. The molecule has 0 atom stereocenters. The van der Waals surface area contributed by atoms with Gasteiger partial charge < -0.3 is 10.1 Å². The van der Waals surface area contributed by atoms with E-state index >= 15 is 0 Å². The topological polar surface area (TPSA) is 86.1 Å². The highest BCUT2D eigenvalue weighted by molar-refractivity contribution is 8.01. The SMILES string of the molecule is Cc1cc(NC(=O)COC(=O)CSc2nc3ccccc3s2)n(-c2ccccc2)n1. The van der Waals surface area contributed by atoms with Crippen molar-refractivity contribution in [3.8, 4) is 5.69 Å². The maximum Gasteiger partial charge on any atom is 0.316 e. The summed E-state index contributed by atoms with van der Waals surface area (Å²) in [5.41, 5.74) is 2.49. The molecule has 0 aliphatic carbocycles. The number of thiazole rings is 1. The molecule has 2 aromatic heterocycles. The van der Waals surface area contributed by atoms with Crippen LogP contribution < -0.4 is 5.32 Å².